The molecule has 0 unspecified atom stereocenters. The van der Waals surface area contributed by atoms with Gasteiger partial charge in [-0.25, -0.2) is 10.2 Å². The highest BCUT2D eigenvalue weighted by atomic mass is 16.6. The first kappa shape index (κ1) is 25.5. The molecule has 182 valence electrons. The number of aryl methyl sites for hydroxylation is 1. The molecule has 0 aliphatic heterocycles. The summed E-state index contributed by atoms with van der Waals surface area (Å²) in [6.45, 7) is 8.22. The Morgan fingerprint density at radius 1 is 0.943 bits per heavy atom. The summed E-state index contributed by atoms with van der Waals surface area (Å²) in [4.78, 5) is 24.6. The molecule has 1 N–H and O–H groups in total. The number of carbonyl (C=O) groups excluding carboxylic acids is 2. The van der Waals surface area contributed by atoms with Crippen LogP contribution in [0.4, 0.5) is 0 Å². The van der Waals surface area contributed by atoms with Gasteiger partial charge in [0.1, 0.15) is 5.75 Å². The Bertz CT molecular complexity index is 1190. The molecule has 0 aliphatic rings. The van der Waals surface area contributed by atoms with E-state index in [2.05, 4.69) is 30.4 Å². The van der Waals surface area contributed by atoms with Crippen LogP contribution in [-0.4, -0.2) is 31.3 Å². The van der Waals surface area contributed by atoms with Crippen LogP contribution in [-0.2, 0) is 4.79 Å². The summed E-state index contributed by atoms with van der Waals surface area (Å²) in [5.41, 5.74) is 5.67. The van der Waals surface area contributed by atoms with Crippen LogP contribution in [0.15, 0.2) is 71.8 Å². The number of hydrogen-bond acceptors (Lipinski definition) is 6. The van der Waals surface area contributed by atoms with E-state index in [0.29, 0.717) is 40.9 Å². The van der Waals surface area contributed by atoms with Gasteiger partial charge in [0.15, 0.2) is 18.1 Å². The van der Waals surface area contributed by atoms with E-state index >= 15 is 0 Å². The fraction of sp³-hybridized carbons (Fsp3) is 0.250. The summed E-state index contributed by atoms with van der Waals surface area (Å²) in [7, 11) is 0. The lowest BCUT2D eigenvalue weighted by atomic mass is 10.0. The summed E-state index contributed by atoms with van der Waals surface area (Å²) < 4.78 is 16.8. The molecule has 3 aromatic carbocycles. The number of esters is 1. The highest BCUT2D eigenvalue weighted by molar-refractivity contribution is 5.91. The SMILES string of the molecule is CCOc1cc(/C=N\NC(=O)COc2cc(C(C)C)ccc2C)ccc1OC(=O)c1ccccc1. The van der Waals surface area contributed by atoms with Crippen LogP contribution in [0.5, 0.6) is 17.2 Å². The van der Waals surface area contributed by atoms with E-state index in [-0.39, 0.29) is 12.5 Å². The number of nitrogens with one attached hydrogen (secondary N) is 1. The van der Waals surface area contributed by atoms with Crippen molar-refractivity contribution in [2.24, 2.45) is 5.10 Å². The summed E-state index contributed by atoms with van der Waals surface area (Å²) in [5.74, 6) is 0.886. The number of amides is 1. The van der Waals surface area contributed by atoms with Crippen molar-refractivity contribution < 1.29 is 23.8 Å². The summed E-state index contributed by atoms with van der Waals surface area (Å²) in [5, 5.41) is 3.99. The third-order valence-electron chi connectivity index (χ3n) is 5.12. The number of ether oxygens (including phenoxy) is 3. The van der Waals surface area contributed by atoms with Gasteiger partial charge in [0.2, 0.25) is 0 Å². The molecule has 0 atom stereocenters. The first-order valence-corrected chi connectivity index (χ1v) is 11.5. The lowest BCUT2D eigenvalue weighted by molar-refractivity contribution is -0.123. The van der Waals surface area contributed by atoms with E-state index in [9.17, 15) is 9.59 Å². The lowest BCUT2D eigenvalue weighted by Crippen LogP contribution is -2.24. The molecule has 0 fully saturated rings. The van der Waals surface area contributed by atoms with Gasteiger partial charge >= 0.3 is 5.97 Å². The Morgan fingerprint density at radius 2 is 1.71 bits per heavy atom. The topological polar surface area (TPSA) is 86.2 Å². The summed E-state index contributed by atoms with van der Waals surface area (Å²) in [6.07, 6.45) is 1.48. The Labute approximate surface area is 205 Å². The van der Waals surface area contributed by atoms with Gasteiger partial charge in [-0.05, 0) is 72.9 Å². The first-order valence-electron chi connectivity index (χ1n) is 11.5. The Morgan fingerprint density at radius 3 is 2.43 bits per heavy atom. The van der Waals surface area contributed by atoms with E-state index < -0.39 is 5.97 Å². The van der Waals surface area contributed by atoms with Crippen LogP contribution in [0.3, 0.4) is 0 Å². The molecular formula is C28H30N2O5. The number of hydrazone groups is 1. The highest BCUT2D eigenvalue weighted by Gasteiger charge is 2.13. The van der Waals surface area contributed by atoms with Crippen LogP contribution in [0.25, 0.3) is 0 Å². The maximum atomic E-state index is 12.4. The second-order valence-electron chi connectivity index (χ2n) is 8.16. The van der Waals surface area contributed by atoms with Gasteiger partial charge in [-0.2, -0.15) is 5.10 Å². The minimum Gasteiger partial charge on any atom is -0.490 e. The molecule has 3 aromatic rings. The molecule has 7 heteroatoms. The molecule has 0 spiro atoms. The van der Waals surface area contributed by atoms with Gasteiger partial charge in [0, 0.05) is 0 Å². The van der Waals surface area contributed by atoms with Crippen molar-refractivity contribution >= 4 is 18.1 Å². The second-order valence-corrected chi connectivity index (χ2v) is 8.16. The standard InChI is InChI=1S/C28H30N2O5/c1-5-33-26-15-21(12-14-24(26)35-28(32)22-9-7-6-8-10-22)17-29-30-27(31)18-34-25-16-23(19(2)3)13-11-20(25)4/h6-17,19H,5,18H2,1-4H3,(H,30,31)/b29-17-. The van der Waals surface area contributed by atoms with Crippen LogP contribution >= 0.6 is 0 Å². The number of carbonyl (C=O) groups is 2. The van der Waals surface area contributed by atoms with Crippen molar-refractivity contribution in [1.29, 1.82) is 0 Å². The van der Waals surface area contributed by atoms with E-state index in [1.807, 2.05) is 32.0 Å². The fourth-order valence-corrected chi connectivity index (χ4v) is 3.18. The maximum absolute atomic E-state index is 12.4. The minimum absolute atomic E-state index is 0.154. The fourth-order valence-electron chi connectivity index (χ4n) is 3.18. The molecule has 0 aromatic heterocycles. The van der Waals surface area contributed by atoms with Crippen molar-refractivity contribution in [3.05, 3.63) is 89.0 Å². The van der Waals surface area contributed by atoms with Crippen molar-refractivity contribution in [3.8, 4) is 17.2 Å². The van der Waals surface area contributed by atoms with Crippen LogP contribution in [0, 0.1) is 6.92 Å². The lowest BCUT2D eigenvalue weighted by Gasteiger charge is -2.12. The van der Waals surface area contributed by atoms with Gasteiger partial charge in [-0.1, -0.05) is 44.2 Å². The predicted octanol–water partition coefficient (Wildman–Crippen LogP) is 5.27. The molecule has 0 radical (unpaired) electrons. The Hall–Kier alpha value is -4.13. The smallest absolute Gasteiger partial charge is 0.343 e. The molecule has 35 heavy (non-hydrogen) atoms. The summed E-state index contributed by atoms with van der Waals surface area (Å²) in [6, 6.07) is 19.7. The van der Waals surface area contributed by atoms with Crippen LogP contribution < -0.4 is 19.6 Å². The van der Waals surface area contributed by atoms with E-state index in [1.165, 1.54) is 6.21 Å². The van der Waals surface area contributed by atoms with Crippen molar-refractivity contribution in [2.45, 2.75) is 33.6 Å². The zero-order valence-corrected chi connectivity index (χ0v) is 20.4. The molecule has 0 aliphatic carbocycles. The number of rotatable bonds is 10. The van der Waals surface area contributed by atoms with Gasteiger partial charge in [-0.15, -0.1) is 0 Å². The highest BCUT2D eigenvalue weighted by Crippen LogP contribution is 2.29. The first-order chi connectivity index (χ1) is 16.9. The quantitative estimate of drug-likeness (QED) is 0.187. The van der Waals surface area contributed by atoms with Gasteiger partial charge < -0.3 is 14.2 Å². The van der Waals surface area contributed by atoms with Gasteiger partial charge in [0.05, 0.1) is 18.4 Å². The third kappa shape index (κ3) is 7.43. The van der Waals surface area contributed by atoms with E-state index in [1.54, 1.807) is 42.5 Å². The summed E-state index contributed by atoms with van der Waals surface area (Å²) >= 11 is 0. The molecule has 7 nitrogen and oxygen atoms in total. The number of hydrogen-bond donors (Lipinski definition) is 1. The third-order valence-corrected chi connectivity index (χ3v) is 5.12. The number of benzene rings is 3. The Kier molecular flexibility index (Phi) is 9.01. The molecule has 1 amide bonds. The maximum Gasteiger partial charge on any atom is 0.343 e. The van der Waals surface area contributed by atoms with Crippen LogP contribution in [0.1, 0.15) is 53.7 Å². The zero-order valence-electron chi connectivity index (χ0n) is 20.4. The molecule has 3 rings (SSSR count). The average Bonchev–Trinajstić information content (AvgIpc) is 2.85. The predicted molar refractivity (Wildman–Crippen MR) is 136 cm³/mol. The molecule has 0 saturated heterocycles. The largest absolute Gasteiger partial charge is 0.490 e. The molecule has 0 heterocycles. The monoisotopic (exact) mass is 474 g/mol. The average molecular weight is 475 g/mol. The molecular weight excluding hydrogens is 444 g/mol. The van der Waals surface area contributed by atoms with Crippen molar-refractivity contribution in [1.82, 2.24) is 5.43 Å². The minimum atomic E-state index is -0.477. The van der Waals surface area contributed by atoms with E-state index in [4.69, 9.17) is 14.2 Å². The van der Waals surface area contributed by atoms with Crippen LogP contribution in [0.2, 0.25) is 0 Å². The zero-order chi connectivity index (χ0) is 25.2. The van der Waals surface area contributed by atoms with E-state index in [0.717, 1.165) is 11.1 Å². The normalized spacial score (nSPS) is 10.9. The van der Waals surface area contributed by atoms with Crippen molar-refractivity contribution in [2.75, 3.05) is 13.2 Å². The van der Waals surface area contributed by atoms with Gasteiger partial charge in [0.25, 0.3) is 5.91 Å². The molecule has 0 bridgehead atoms. The van der Waals surface area contributed by atoms with Crippen molar-refractivity contribution in [3.63, 3.8) is 0 Å². The molecule has 0 saturated carbocycles. The Balaban J connectivity index is 1.59. The second kappa shape index (κ2) is 12.4. The van der Waals surface area contributed by atoms with Gasteiger partial charge in [-0.3, -0.25) is 4.79 Å². The number of nitrogens with zero attached hydrogens (tertiary/aromatic N) is 1.